The van der Waals surface area contributed by atoms with Crippen LogP contribution in [-0.2, 0) is 19.4 Å². The number of nitrogens with zero attached hydrogens (tertiary/aromatic N) is 2. The molecule has 3 rings (SSSR count). The third-order valence-electron chi connectivity index (χ3n) is 4.64. The van der Waals surface area contributed by atoms with Crippen molar-refractivity contribution in [1.29, 1.82) is 0 Å². The number of ether oxygens (including phenoxy) is 1. The summed E-state index contributed by atoms with van der Waals surface area (Å²) in [5, 5.41) is 9.35. The monoisotopic (exact) mass is 368 g/mol. The predicted molar refractivity (Wildman–Crippen MR) is 89.0 cm³/mol. The van der Waals surface area contributed by atoms with Gasteiger partial charge in [-0.15, -0.1) is 0 Å². The van der Waals surface area contributed by atoms with Gasteiger partial charge in [-0.2, -0.15) is 0 Å². The molecule has 0 saturated carbocycles. The Morgan fingerprint density at radius 1 is 1.12 bits per heavy atom. The summed E-state index contributed by atoms with van der Waals surface area (Å²) in [5.41, 5.74) is 0.373. The number of hydrogen-bond donors (Lipinski definition) is 1. The highest BCUT2D eigenvalue weighted by molar-refractivity contribution is 7.91. The third kappa shape index (κ3) is 3.47. The Morgan fingerprint density at radius 3 is 2.28 bits per heavy atom. The summed E-state index contributed by atoms with van der Waals surface area (Å²) < 4.78 is 29.1. The molecular weight excluding hydrogens is 348 g/mol. The topological polar surface area (TPSA) is 104 Å². The first-order valence-electron chi connectivity index (χ1n) is 7.91. The number of phenols is 1. The molecular formula is C16H20N2O6S. The van der Waals surface area contributed by atoms with Gasteiger partial charge in [-0.3, -0.25) is 9.59 Å². The van der Waals surface area contributed by atoms with Gasteiger partial charge in [-0.25, -0.2) is 8.42 Å². The van der Waals surface area contributed by atoms with E-state index in [0.29, 0.717) is 5.56 Å². The van der Waals surface area contributed by atoms with Gasteiger partial charge >= 0.3 is 0 Å². The molecule has 2 amide bonds. The number of hydrogen-bond acceptors (Lipinski definition) is 6. The van der Waals surface area contributed by atoms with Crippen LogP contribution in [0.3, 0.4) is 0 Å². The average Bonchev–Trinajstić information content (AvgIpc) is 2.89. The van der Waals surface area contributed by atoms with Gasteiger partial charge in [0.05, 0.1) is 23.6 Å². The van der Waals surface area contributed by atoms with Crippen molar-refractivity contribution < 1.29 is 27.9 Å². The van der Waals surface area contributed by atoms with E-state index in [4.69, 9.17) is 4.74 Å². The van der Waals surface area contributed by atoms with E-state index in [0.717, 1.165) is 0 Å². The quantitative estimate of drug-likeness (QED) is 0.771. The third-order valence-corrected chi connectivity index (χ3v) is 6.34. The molecule has 2 saturated heterocycles. The molecule has 0 bridgehead atoms. The van der Waals surface area contributed by atoms with E-state index >= 15 is 0 Å². The van der Waals surface area contributed by atoms with Crippen molar-refractivity contribution in [1.82, 2.24) is 9.80 Å². The van der Waals surface area contributed by atoms with Crippen molar-refractivity contribution in [3.05, 3.63) is 29.8 Å². The minimum atomic E-state index is -3.33. The van der Waals surface area contributed by atoms with Gasteiger partial charge in [-0.05, 0) is 24.3 Å². The summed E-state index contributed by atoms with van der Waals surface area (Å²) in [6.45, 7) is 0.406. The van der Waals surface area contributed by atoms with Crippen LogP contribution in [0.5, 0.6) is 5.75 Å². The summed E-state index contributed by atoms with van der Waals surface area (Å²) in [5.74, 6) is -0.824. The first-order chi connectivity index (χ1) is 11.8. The van der Waals surface area contributed by atoms with Gasteiger partial charge < -0.3 is 19.6 Å². The molecule has 1 aromatic rings. The number of phenolic OH excluding ortho intramolecular Hbond substituents is 1. The molecule has 25 heavy (non-hydrogen) atoms. The Kier molecular flexibility index (Phi) is 4.70. The van der Waals surface area contributed by atoms with Crippen LogP contribution in [0.15, 0.2) is 24.3 Å². The number of methoxy groups -OCH3 is 1. The average molecular weight is 368 g/mol. The van der Waals surface area contributed by atoms with Crippen LogP contribution in [0, 0.1) is 0 Å². The van der Waals surface area contributed by atoms with E-state index in [-0.39, 0.29) is 48.8 Å². The number of carbonyl (C=O) groups is 2. The lowest BCUT2D eigenvalue weighted by molar-refractivity contribution is -0.140. The first-order valence-corrected chi connectivity index (χ1v) is 9.73. The van der Waals surface area contributed by atoms with Crippen LogP contribution in [0.1, 0.15) is 10.4 Å². The van der Waals surface area contributed by atoms with Crippen LogP contribution in [0.2, 0.25) is 0 Å². The van der Waals surface area contributed by atoms with Gasteiger partial charge in [0.2, 0.25) is 5.91 Å². The molecule has 1 N–H and O–H groups in total. The van der Waals surface area contributed by atoms with Gasteiger partial charge in [0.15, 0.2) is 9.84 Å². The smallest absolute Gasteiger partial charge is 0.254 e. The molecule has 8 nitrogen and oxygen atoms in total. The normalized spacial score (nSPS) is 24.8. The number of carbonyl (C=O) groups excluding carboxylic acids is 2. The minimum absolute atomic E-state index is 0.0489. The molecule has 2 aliphatic rings. The van der Waals surface area contributed by atoms with E-state index in [1.807, 2.05) is 0 Å². The molecule has 2 fully saturated rings. The maximum absolute atomic E-state index is 12.8. The Hall–Kier alpha value is -2.13. The second kappa shape index (κ2) is 6.64. The van der Waals surface area contributed by atoms with E-state index in [1.165, 1.54) is 41.2 Å². The van der Waals surface area contributed by atoms with Crippen molar-refractivity contribution in [3.8, 4) is 5.75 Å². The van der Waals surface area contributed by atoms with Crippen LogP contribution in [-0.4, -0.2) is 85.5 Å². The molecule has 2 heterocycles. The number of aromatic hydroxyl groups is 1. The lowest BCUT2D eigenvalue weighted by Gasteiger charge is -2.43. The SMILES string of the molecule is COCC(=O)N1CCN(C(=O)c2ccc(O)cc2)[C@H]2CS(=O)(=O)C[C@H]21. The number of rotatable bonds is 3. The fraction of sp³-hybridized carbons (Fsp3) is 0.500. The Labute approximate surface area is 145 Å². The fourth-order valence-corrected chi connectivity index (χ4v) is 5.47. The molecule has 0 radical (unpaired) electrons. The van der Waals surface area contributed by atoms with Gasteiger partial charge in [0.1, 0.15) is 12.4 Å². The van der Waals surface area contributed by atoms with Crippen molar-refractivity contribution in [2.75, 3.05) is 38.3 Å². The summed E-state index contributed by atoms with van der Waals surface area (Å²) >= 11 is 0. The predicted octanol–water partition coefficient (Wildman–Crippen LogP) is -0.511. The molecule has 0 unspecified atom stereocenters. The highest BCUT2D eigenvalue weighted by Crippen LogP contribution is 2.28. The lowest BCUT2D eigenvalue weighted by Crippen LogP contribution is -2.62. The molecule has 0 aromatic heterocycles. The molecule has 1 aromatic carbocycles. The van der Waals surface area contributed by atoms with E-state index in [1.54, 1.807) is 0 Å². The summed E-state index contributed by atoms with van der Waals surface area (Å²) in [6, 6.07) is 4.70. The number of benzene rings is 1. The van der Waals surface area contributed by atoms with Crippen molar-refractivity contribution in [2.45, 2.75) is 12.1 Å². The van der Waals surface area contributed by atoms with E-state index < -0.39 is 21.9 Å². The number of piperazine rings is 1. The van der Waals surface area contributed by atoms with Crippen LogP contribution < -0.4 is 0 Å². The van der Waals surface area contributed by atoms with Crippen molar-refractivity contribution in [3.63, 3.8) is 0 Å². The molecule has 0 aliphatic carbocycles. The zero-order valence-corrected chi connectivity index (χ0v) is 14.6. The number of fused-ring (bicyclic) bond motifs is 1. The van der Waals surface area contributed by atoms with Crippen LogP contribution in [0.25, 0.3) is 0 Å². The molecule has 0 spiro atoms. The molecule has 2 aliphatic heterocycles. The Bertz CT molecular complexity index is 776. The maximum Gasteiger partial charge on any atom is 0.254 e. The standard InChI is InChI=1S/C16H20N2O6S/c1-24-8-15(20)17-6-7-18(14-10-25(22,23)9-13(14)17)16(21)11-2-4-12(19)5-3-11/h2-5,13-14,19H,6-10H2,1H3/t13-,14+/m1/s1. The molecule has 9 heteroatoms. The first kappa shape index (κ1) is 17.7. The Morgan fingerprint density at radius 2 is 1.68 bits per heavy atom. The zero-order chi connectivity index (χ0) is 18.2. The largest absolute Gasteiger partial charge is 0.508 e. The maximum atomic E-state index is 12.8. The van der Waals surface area contributed by atoms with E-state index in [2.05, 4.69) is 0 Å². The van der Waals surface area contributed by atoms with Crippen LogP contribution in [0.4, 0.5) is 0 Å². The second-order valence-corrected chi connectivity index (χ2v) is 8.43. The van der Waals surface area contributed by atoms with Gasteiger partial charge in [0, 0.05) is 25.8 Å². The summed E-state index contributed by atoms with van der Waals surface area (Å²) in [7, 11) is -1.93. The summed E-state index contributed by atoms with van der Waals surface area (Å²) in [6.07, 6.45) is 0. The van der Waals surface area contributed by atoms with E-state index in [9.17, 15) is 23.1 Å². The van der Waals surface area contributed by atoms with Gasteiger partial charge in [0.25, 0.3) is 5.91 Å². The Balaban J connectivity index is 1.87. The van der Waals surface area contributed by atoms with Crippen LogP contribution >= 0.6 is 0 Å². The molecule has 136 valence electrons. The second-order valence-electron chi connectivity index (χ2n) is 6.28. The molecule has 2 atom stereocenters. The highest BCUT2D eigenvalue weighted by atomic mass is 32.2. The lowest BCUT2D eigenvalue weighted by atomic mass is 10.0. The summed E-state index contributed by atoms with van der Waals surface area (Å²) in [4.78, 5) is 28.0. The van der Waals surface area contributed by atoms with Crippen molar-refractivity contribution in [2.24, 2.45) is 0 Å². The number of amides is 2. The fourth-order valence-electron chi connectivity index (χ4n) is 3.49. The van der Waals surface area contributed by atoms with Gasteiger partial charge in [-0.1, -0.05) is 0 Å². The zero-order valence-electron chi connectivity index (χ0n) is 13.8. The van der Waals surface area contributed by atoms with Crippen molar-refractivity contribution >= 4 is 21.7 Å². The number of sulfone groups is 1. The highest BCUT2D eigenvalue weighted by Gasteiger charge is 2.49. The minimum Gasteiger partial charge on any atom is -0.508 e.